The zero-order valence-corrected chi connectivity index (χ0v) is 8.98. The number of nitrogens with zero attached hydrogens (tertiary/aromatic N) is 1. The molecule has 1 unspecified atom stereocenters. The van der Waals surface area contributed by atoms with E-state index in [2.05, 4.69) is 6.92 Å². The lowest BCUT2D eigenvalue weighted by Crippen LogP contribution is -2.03. The normalized spacial score (nSPS) is 12.2. The second kappa shape index (κ2) is 5.44. The van der Waals surface area contributed by atoms with Crippen molar-refractivity contribution in [2.24, 2.45) is 0 Å². The van der Waals surface area contributed by atoms with E-state index in [4.69, 9.17) is 4.74 Å². The van der Waals surface area contributed by atoms with Gasteiger partial charge >= 0.3 is 0 Å². The summed E-state index contributed by atoms with van der Waals surface area (Å²) in [6, 6.07) is 4.28. The molecular weight excluding hydrogens is 213 g/mol. The van der Waals surface area contributed by atoms with Gasteiger partial charge in [-0.1, -0.05) is 0 Å². The summed E-state index contributed by atoms with van der Waals surface area (Å²) in [4.78, 5) is 10.2. The van der Waals surface area contributed by atoms with Crippen LogP contribution in [0.15, 0.2) is 18.2 Å². The molecule has 0 N–H and O–H groups in total. The SMILES string of the molecule is [CH2]C(CF)c1cc(OCC)ccc1[N+](=O)[O-]. The van der Waals surface area contributed by atoms with Gasteiger partial charge in [0.2, 0.25) is 0 Å². The number of halogens is 1. The van der Waals surface area contributed by atoms with Crippen LogP contribution in [0.5, 0.6) is 5.75 Å². The van der Waals surface area contributed by atoms with Gasteiger partial charge in [-0.05, 0) is 26.0 Å². The molecule has 87 valence electrons. The second-order valence-corrected chi connectivity index (χ2v) is 3.26. The molecule has 0 amide bonds. The molecule has 16 heavy (non-hydrogen) atoms. The number of nitro groups is 1. The number of nitro benzene ring substituents is 1. The summed E-state index contributed by atoms with van der Waals surface area (Å²) < 4.78 is 17.7. The molecule has 0 aliphatic heterocycles. The topological polar surface area (TPSA) is 52.4 Å². The number of rotatable bonds is 5. The van der Waals surface area contributed by atoms with E-state index in [-0.39, 0.29) is 11.3 Å². The molecule has 0 bridgehead atoms. The van der Waals surface area contributed by atoms with E-state index in [0.717, 1.165) is 0 Å². The van der Waals surface area contributed by atoms with Crippen LogP contribution in [0, 0.1) is 17.0 Å². The summed E-state index contributed by atoms with van der Waals surface area (Å²) in [5, 5.41) is 10.7. The second-order valence-electron chi connectivity index (χ2n) is 3.26. The number of benzene rings is 1. The Morgan fingerprint density at radius 1 is 1.62 bits per heavy atom. The molecule has 0 fully saturated rings. The van der Waals surface area contributed by atoms with Crippen molar-refractivity contribution < 1.29 is 14.1 Å². The molecule has 1 atom stereocenters. The highest BCUT2D eigenvalue weighted by molar-refractivity contribution is 5.47. The van der Waals surface area contributed by atoms with Gasteiger partial charge in [0.05, 0.1) is 18.2 Å². The average Bonchev–Trinajstić information content (AvgIpc) is 2.28. The van der Waals surface area contributed by atoms with Crippen molar-refractivity contribution in [3.05, 3.63) is 40.8 Å². The molecule has 1 aromatic carbocycles. The van der Waals surface area contributed by atoms with Crippen LogP contribution in [0.3, 0.4) is 0 Å². The van der Waals surface area contributed by atoms with E-state index in [0.29, 0.717) is 12.4 Å². The van der Waals surface area contributed by atoms with Crippen molar-refractivity contribution in [3.63, 3.8) is 0 Å². The zero-order chi connectivity index (χ0) is 12.1. The molecule has 0 saturated heterocycles. The Bertz CT molecular complexity index is 381. The average molecular weight is 226 g/mol. The van der Waals surface area contributed by atoms with Gasteiger partial charge in [0.1, 0.15) is 5.75 Å². The molecule has 1 radical (unpaired) electrons. The number of hydrogen-bond acceptors (Lipinski definition) is 3. The Morgan fingerprint density at radius 3 is 2.81 bits per heavy atom. The standard InChI is InChI=1S/C11H13FNO3/c1-3-16-9-4-5-11(13(14)15)10(6-9)8(2)7-12/h4-6,8H,2-3,7H2,1H3. The smallest absolute Gasteiger partial charge is 0.273 e. The van der Waals surface area contributed by atoms with Gasteiger partial charge in [0.15, 0.2) is 0 Å². The predicted molar refractivity (Wildman–Crippen MR) is 58.3 cm³/mol. The molecule has 4 nitrogen and oxygen atoms in total. The third kappa shape index (κ3) is 2.68. The first-order chi connectivity index (χ1) is 7.60. The molecule has 5 heteroatoms. The molecule has 1 aromatic rings. The summed E-state index contributed by atoms with van der Waals surface area (Å²) >= 11 is 0. The lowest BCUT2D eigenvalue weighted by molar-refractivity contribution is -0.385. The molecule has 0 aliphatic rings. The van der Waals surface area contributed by atoms with Gasteiger partial charge < -0.3 is 4.74 Å². The number of hydrogen-bond donors (Lipinski definition) is 0. The highest BCUT2D eigenvalue weighted by atomic mass is 19.1. The van der Waals surface area contributed by atoms with Crippen LogP contribution in [0.4, 0.5) is 10.1 Å². The van der Waals surface area contributed by atoms with E-state index in [9.17, 15) is 14.5 Å². The van der Waals surface area contributed by atoms with Crippen LogP contribution >= 0.6 is 0 Å². The van der Waals surface area contributed by atoms with Crippen LogP contribution in [-0.2, 0) is 0 Å². The van der Waals surface area contributed by atoms with Crippen molar-refractivity contribution >= 4 is 5.69 Å². The van der Waals surface area contributed by atoms with Gasteiger partial charge in [-0.15, -0.1) is 0 Å². The van der Waals surface area contributed by atoms with E-state index in [1.54, 1.807) is 6.92 Å². The third-order valence-corrected chi connectivity index (χ3v) is 2.13. The first kappa shape index (κ1) is 12.4. The van der Waals surface area contributed by atoms with Crippen molar-refractivity contribution in [2.45, 2.75) is 12.8 Å². The Labute approximate surface area is 93.2 Å². The first-order valence-corrected chi connectivity index (χ1v) is 4.90. The Hall–Kier alpha value is -1.65. The summed E-state index contributed by atoms with van der Waals surface area (Å²) in [7, 11) is 0. The molecule has 0 aromatic heterocycles. The molecule has 0 saturated carbocycles. The van der Waals surface area contributed by atoms with Gasteiger partial charge in [-0.25, -0.2) is 0 Å². The lowest BCUT2D eigenvalue weighted by atomic mass is 10.0. The summed E-state index contributed by atoms with van der Waals surface area (Å²) in [5.74, 6) is -0.258. The quantitative estimate of drug-likeness (QED) is 0.573. The van der Waals surface area contributed by atoms with Crippen molar-refractivity contribution in [2.75, 3.05) is 13.3 Å². The summed E-state index contributed by atoms with van der Waals surface area (Å²) in [5.41, 5.74) is 0.138. The van der Waals surface area contributed by atoms with Gasteiger partial charge in [-0.3, -0.25) is 14.5 Å². The van der Waals surface area contributed by atoms with Crippen LogP contribution in [-0.4, -0.2) is 18.2 Å². The Balaban J connectivity index is 3.15. The lowest BCUT2D eigenvalue weighted by Gasteiger charge is -2.10. The van der Waals surface area contributed by atoms with Crippen LogP contribution < -0.4 is 4.74 Å². The fraction of sp³-hybridized carbons (Fsp3) is 0.364. The summed E-state index contributed by atoms with van der Waals surface area (Å²) in [6.07, 6.45) is 0. The number of ether oxygens (including phenoxy) is 1. The van der Waals surface area contributed by atoms with Gasteiger partial charge in [-0.2, -0.15) is 0 Å². The minimum absolute atomic E-state index is 0.124. The van der Waals surface area contributed by atoms with E-state index >= 15 is 0 Å². The monoisotopic (exact) mass is 226 g/mol. The van der Waals surface area contributed by atoms with Crippen LogP contribution in [0.1, 0.15) is 18.4 Å². The highest BCUT2D eigenvalue weighted by Crippen LogP contribution is 2.30. The maximum absolute atomic E-state index is 12.5. The summed E-state index contributed by atoms with van der Waals surface area (Å²) in [6.45, 7) is 5.05. The first-order valence-electron chi connectivity index (χ1n) is 4.90. The third-order valence-electron chi connectivity index (χ3n) is 2.13. The molecule has 0 aliphatic carbocycles. The molecular formula is C11H13FNO3. The van der Waals surface area contributed by atoms with Gasteiger partial charge in [0, 0.05) is 17.5 Å². The minimum atomic E-state index is -0.749. The van der Waals surface area contributed by atoms with E-state index < -0.39 is 17.5 Å². The zero-order valence-electron chi connectivity index (χ0n) is 8.98. The van der Waals surface area contributed by atoms with E-state index in [1.165, 1.54) is 18.2 Å². The van der Waals surface area contributed by atoms with Crippen molar-refractivity contribution in [3.8, 4) is 5.75 Å². The molecule has 0 heterocycles. The maximum Gasteiger partial charge on any atom is 0.273 e. The van der Waals surface area contributed by atoms with Crippen molar-refractivity contribution in [1.82, 2.24) is 0 Å². The Kier molecular flexibility index (Phi) is 4.22. The Morgan fingerprint density at radius 2 is 2.31 bits per heavy atom. The van der Waals surface area contributed by atoms with Crippen LogP contribution in [0.25, 0.3) is 0 Å². The van der Waals surface area contributed by atoms with Crippen LogP contribution in [0.2, 0.25) is 0 Å². The molecule has 0 spiro atoms. The number of alkyl halides is 1. The van der Waals surface area contributed by atoms with E-state index in [1.807, 2.05) is 0 Å². The fourth-order valence-electron chi connectivity index (χ4n) is 1.37. The predicted octanol–water partition coefficient (Wildman–Crippen LogP) is 2.88. The van der Waals surface area contributed by atoms with Gasteiger partial charge in [0.25, 0.3) is 5.69 Å². The minimum Gasteiger partial charge on any atom is -0.494 e. The fourth-order valence-corrected chi connectivity index (χ4v) is 1.37. The highest BCUT2D eigenvalue weighted by Gasteiger charge is 2.19. The largest absolute Gasteiger partial charge is 0.494 e. The maximum atomic E-state index is 12.5. The van der Waals surface area contributed by atoms with Crippen molar-refractivity contribution in [1.29, 1.82) is 0 Å². The molecule has 1 rings (SSSR count).